The third kappa shape index (κ3) is 2.85. The molecule has 0 amide bonds. The highest BCUT2D eigenvalue weighted by Crippen LogP contribution is 2.21. The molecule has 1 aliphatic heterocycles. The van der Waals surface area contributed by atoms with E-state index in [4.69, 9.17) is 4.42 Å². The second-order valence-corrected chi connectivity index (χ2v) is 6.02. The number of nitrogens with one attached hydrogen (secondary N) is 2. The van der Waals surface area contributed by atoms with E-state index in [1.54, 1.807) is 6.26 Å². The van der Waals surface area contributed by atoms with Crippen LogP contribution in [0.5, 0.6) is 0 Å². The van der Waals surface area contributed by atoms with Gasteiger partial charge in [0, 0.05) is 35.8 Å². The van der Waals surface area contributed by atoms with Crippen LogP contribution in [0.1, 0.15) is 18.4 Å². The number of aromatic nitrogens is 2. The maximum Gasteiger partial charge on any atom is 0.0947 e. The lowest BCUT2D eigenvalue weighted by Crippen LogP contribution is -2.41. The van der Waals surface area contributed by atoms with Crippen LogP contribution in [-0.4, -0.2) is 34.2 Å². The number of anilines is 1. The molecule has 1 fully saturated rings. The number of hydrogen-bond donors (Lipinski definition) is 2. The van der Waals surface area contributed by atoms with Gasteiger partial charge in [0.1, 0.15) is 0 Å². The van der Waals surface area contributed by atoms with Gasteiger partial charge in [-0.2, -0.15) is 5.10 Å². The molecule has 2 N–H and O–H groups in total. The maximum atomic E-state index is 5.16. The third-order valence-electron chi connectivity index (χ3n) is 4.30. The van der Waals surface area contributed by atoms with Gasteiger partial charge in [-0.05, 0) is 43.7 Å². The highest BCUT2D eigenvalue weighted by Gasteiger charge is 2.20. The van der Waals surface area contributed by atoms with Crippen LogP contribution in [-0.2, 0) is 6.54 Å². The number of benzene rings is 1. The van der Waals surface area contributed by atoms with Crippen molar-refractivity contribution in [2.75, 3.05) is 18.4 Å². The van der Waals surface area contributed by atoms with Gasteiger partial charge >= 0.3 is 0 Å². The summed E-state index contributed by atoms with van der Waals surface area (Å²) in [5.41, 5.74) is 3.50. The first-order valence-corrected chi connectivity index (χ1v) is 7.80. The molecule has 2 aromatic heterocycles. The fraction of sp³-hybridized carbons (Fsp3) is 0.353. The molecular formula is C17H20N4O. The SMILES string of the molecule is c1cc(CN2CCCC(Nc3ccc4[nH]ncc4c3)C2)co1. The van der Waals surface area contributed by atoms with Crippen molar-refractivity contribution in [3.63, 3.8) is 0 Å². The number of furan rings is 1. The first-order valence-electron chi connectivity index (χ1n) is 7.80. The molecule has 1 atom stereocenters. The van der Waals surface area contributed by atoms with E-state index >= 15 is 0 Å². The number of likely N-dealkylation sites (tertiary alicyclic amines) is 1. The van der Waals surface area contributed by atoms with Crippen LogP contribution >= 0.6 is 0 Å². The molecule has 5 nitrogen and oxygen atoms in total. The van der Waals surface area contributed by atoms with E-state index in [0.29, 0.717) is 6.04 Å². The summed E-state index contributed by atoms with van der Waals surface area (Å²) in [6.45, 7) is 3.19. The zero-order valence-corrected chi connectivity index (χ0v) is 12.5. The van der Waals surface area contributed by atoms with Crippen LogP contribution in [0, 0.1) is 0 Å². The molecular weight excluding hydrogens is 276 g/mol. The average molecular weight is 296 g/mol. The van der Waals surface area contributed by atoms with Crippen LogP contribution in [0.2, 0.25) is 0 Å². The van der Waals surface area contributed by atoms with E-state index in [2.05, 4.69) is 38.6 Å². The largest absolute Gasteiger partial charge is 0.472 e. The molecule has 1 aliphatic rings. The summed E-state index contributed by atoms with van der Waals surface area (Å²) in [6, 6.07) is 8.90. The van der Waals surface area contributed by atoms with Crippen LogP contribution in [0.25, 0.3) is 10.9 Å². The average Bonchev–Trinajstić information content (AvgIpc) is 3.18. The van der Waals surface area contributed by atoms with Crippen LogP contribution in [0.3, 0.4) is 0 Å². The number of hydrogen-bond acceptors (Lipinski definition) is 4. The second-order valence-electron chi connectivity index (χ2n) is 6.02. The Morgan fingerprint density at radius 3 is 3.27 bits per heavy atom. The molecule has 5 heteroatoms. The van der Waals surface area contributed by atoms with Crippen LogP contribution < -0.4 is 5.32 Å². The summed E-state index contributed by atoms with van der Waals surface area (Å²) in [6.07, 6.45) is 7.89. The molecule has 1 saturated heterocycles. The molecule has 3 heterocycles. The third-order valence-corrected chi connectivity index (χ3v) is 4.30. The van der Waals surface area contributed by atoms with E-state index in [-0.39, 0.29) is 0 Å². The molecule has 22 heavy (non-hydrogen) atoms. The summed E-state index contributed by atoms with van der Waals surface area (Å²) in [4.78, 5) is 2.49. The lowest BCUT2D eigenvalue weighted by Gasteiger charge is -2.33. The first kappa shape index (κ1) is 13.4. The standard InChI is InChI=1S/C17H20N4O/c1-2-16(11-21(6-1)10-13-5-7-22-12-13)19-15-3-4-17-14(8-15)9-18-20-17/h3-5,7-9,12,16,19H,1-2,6,10-11H2,(H,18,20). The molecule has 1 unspecified atom stereocenters. The van der Waals surface area contributed by atoms with Crippen LogP contribution in [0.15, 0.2) is 47.4 Å². The van der Waals surface area contributed by atoms with Gasteiger partial charge in [-0.25, -0.2) is 0 Å². The van der Waals surface area contributed by atoms with E-state index in [1.165, 1.54) is 24.1 Å². The van der Waals surface area contributed by atoms with Crippen molar-refractivity contribution < 1.29 is 4.42 Å². The van der Waals surface area contributed by atoms with E-state index in [0.717, 1.165) is 30.5 Å². The van der Waals surface area contributed by atoms with Crippen LogP contribution in [0.4, 0.5) is 5.69 Å². The Morgan fingerprint density at radius 2 is 2.36 bits per heavy atom. The number of nitrogens with zero attached hydrogens (tertiary/aromatic N) is 2. The molecule has 0 bridgehead atoms. The van der Waals surface area contributed by atoms with E-state index in [9.17, 15) is 0 Å². The smallest absolute Gasteiger partial charge is 0.0947 e. The molecule has 4 rings (SSSR count). The Bertz CT molecular complexity index is 734. The topological polar surface area (TPSA) is 57.1 Å². The summed E-state index contributed by atoms with van der Waals surface area (Å²) in [5.74, 6) is 0. The van der Waals surface area contributed by atoms with Gasteiger partial charge in [0.2, 0.25) is 0 Å². The fourth-order valence-corrected chi connectivity index (χ4v) is 3.23. The molecule has 114 valence electrons. The minimum Gasteiger partial charge on any atom is -0.472 e. The van der Waals surface area contributed by atoms with Crippen molar-refractivity contribution in [2.24, 2.45) is 0 Å². The normalized spacial score (nSPS) is 19.5. The molecule has 0 saturated carbocycles. The van der Waals surface area contributed by atoms with Gasteiger partial charge < -0.3 is 9.73 Å². The monoisotopic (exact) mass is 296 g/mol. The summed E-state index contributed by atoms with van der Waals surface area (Å²) in [5, 5.41) is 11.9. The van der Waals surface area contributed by atoms with Crippen molar-refractivity contribution in [3.8, 4) is 0 Å². The summed E-state index contributed by atoms with van der Waals surface area (Å²) >= 11 is 0. The first-order chi connectivity index (χ1) is 10.9. The van der Waals surface area contributed by atoms with Crippen molar-refractivity contribution in [1.82, 2.24) is 15.1 Å². The maximum absolute atomic E-state index is 5.16. The van der Waals surface area contributed by atoms with E-state index in [1.807, 2.05) is 18.5 Å². The Labute approximate surface area is 129 Å². The number of H-pyrrole nitrogens is 1. The van der Waals surface area contributed by atoms with Gasteiger partial charge in [0.05, 0.1) is 24.2 Å². The number of fused-ring (bicyclic) bond motifs is 1. The van der Waals surface area contributed by atoms with Crippen molar-refractivity contribution in [2.45, 2.75) is 25.4 Å². The summed E-state index contributed by atoms with van der Waals surface area (Å²) < 4.78 is 5.16. The van der Waals surface area contributed by atoms with Gasteiger partial charge in [0.25, 0.3) is 0 Å². The van der Waals surface area contributed by atoms with Gasteiger partial charge in [-0.15, -0.1) is 0 Å². The minimum absolute atomic E-state index is 0.491. The molecule has 3 aromatic rings. The predicted molar refractivity (Wildman–Crippen MR) is 86.7 cm³/mol. The molecule has 1 aromatic carbocycles. The Morgan fingerprint density at radius 1 is 1.36 bits per heavy atom. The van der Waals surface area contributed by atoms with Crippen molar-refractivity contribution in [3.05, 3.63) is 48.6 Å². The van der Waals surface area contributed by atoms with Gasteiger partial charge in [-0.3, -0.25) is 10.00 Å². The number of rotatable bonds is 4. The number of piperidine rings is 1. The fourth-order valence-electron chi connectivity index (χ4n) is 3.23. The van der Waals surface area contributed by atoms with Crippen molar-refractivity contribution in [1.29, 1.82) is 0 Å². The van der Waals surface area contributed by atoms with E-state index < -0.39 is 0 Å². The Kier molecular flexibility index (Phi) is 3.56. The lowest BCUT2D eigenvalue weighted by molar-refractivity contribution is 0.208. The quantitative estimate of drug-likeness (QED) is 0.776. The Balaban J connectivity index is 1.41. The second kappa shape index (κ2) is 5.85. The zero-order chi connectivity index (χ0) is 14.8. The highest BCUT2D eigenvalue weighted by molar-refractivity contribution is 5.81. The molecule has 0 aliphatic carbocycles. The van der Waals surface area contributed by atoms with Crippen molar-refractivity contribution >= 4 is 16.6 Å². The lowest BCUT2D eigenvalue weighted by atomic mass is 10.0. The minimum atomic E-state index is 0.491. The van der Waals surface area contributed by atoms with Gasteiger partial charge in [-0.1, -0.05) is 0 Å². The zero-order valence-electron chi connectivity index (χ0n) is 12.5. The number of aromatic amines is 1. The summed E-state index contributed by atoms with van der Waals surface area (Å²) in [7, 11) is 0. The highest BCUT2D eigenvalue weighted by atomic mass is 16.3. The Hall–Kier alpha value is -2.27. The molecule has 0 spiro atoms. The molecule has 0 radical (unpaired) electrons. The van der Waals surface area contributed by atoms with Gasteiger partial charge in [0.15, 0.2) is 0 Å². The predicted octanol–water partition coefficient (Wildman–Crippen LogP) is 3.23.